The molecule has 4 rings (SSSR count). The second kappa shape index (κ2) is 7.06. The van der Waals surface area contributed by atoms with Gasteiger partial charge in [-0.2, -0.15) is 0 Å². The van der Waals surface area contributed by atoms with Gasteiger partial charge in [-0.15, -0.1) is 0 Å². The molecule has 0 saturated heterocycles. The van der Waals surface area contributed by atoms with Gasteiger partial charge < -0.3 is 15.6 Å². The third kappa shape index (κ3) is 3.68. The summed E-state index contributed by atoms with van der Waals surface area (Å²) >= 11 is 0. The molecule has 0 aliphatic heterocycles. The number of carbonyl (C=O) groups excluding carboxylic acids is 1. The first-order valence-electron chi connectivity index (χ1n) is 9.66. The fraction of sp³-hybridized carbons (Fsp3) is 0.364. The molecule has 0 bridgehead atoms. The lowest BCUT2D eigenvalue weighted by Crippen LogP contribution is -2.25. The molecular weight excluding hydrogens is 336 g/mol. The first kappa shape index (κ1) is 17.6. The third-order valence-electron chi connectivity index (χ3n) is 5.25. The van der Waals surface area contributed by atoms with Crippen LogP contribution in [0.15, 0.2) is 30.5 Å². The number of rotatable bonds is 6. The Balaban J connectivity index is 1.55. The van der Waals surface area contributed by atoms with Gasteiger partial charge in [-0.05, 0) is 62.4 Å². The van der Waals surface area contributed by atoms with E-state index in [-0.39, 0.29) is 5.91 Å². The number of aromatic amines is 1. The van der Waals surface area contributed by atoms with Crippen molar-refractivity contribution < 1.29 is 4.79 Å². The first-order chi connectivity index (χ1) is 13.0. The molecule has 5 nitrogen and oxygen atoms in total. The van der Waals surface area contributed by atoms with Crippen molar-refractivity contribution in [2.45, 2.75) is 52.6 Å². The van der Waals surface area contributed by atoms with Gasteiger partial charge in [0.25, 0.3) is 5.91 Å². The Morgan fingerprint density at radius 1 is 1.26 bits per heavy atom. The Morgan fingerprint density at radius 3 is 2.81 bits per heavy atom. The topological polar surface area (TPSA) is 69.8 Å². The number of carbonyl (C=O) groups is 1. The highest BCUT2D eigenvalue weighted by Crippen LogP contribution is 2.27. The lowest BCUT2D eigenvalue weighted by Gasteiger charge is -2.10. The Morgan fingerprint density at radius 2 is 2.07 bits per heavy atom. The molecule has 1 aromatic carbocycles. The summed E-state index contributed by atoms with van der Waals surface area (Å²) in [6, 6.07) is 8.38. The molecule has 1 fully saturated rings. The van der Waals surface area contributed by atoms with Crippen LogP contribution in [0.2, 0.25) is 0 Å². The number of hydrogen-bond donors (Lipinski definition) is 3. The fourth-order valence-corrected chi connectivity index (χ4v) is 3.56. The molecule has 1 saturated carbocycles. The Bertz CT molecular complexity index is 1000. The van der Waals surface area contributed by atoms with Crippen molar-refractivity contribution in [3.63, 3.8) is 0 Å². The monoisotopic (exact) mass is 362 g/mol. The van der Waals surface area contributed by atoms with Crippen molar-refractivity contribution in [3.8, 4) is 0 Å². The van der Waals surface area contributed by atoms with Gasteiger partial charge in [0.2, 0.25) is 0 Å². The Labute approximate surface area is 159 Å². The average Bonchev–Trinajstić information content (AvgIpc) is 3.42. The summed E-state index contributed by atoms with van der Waals surface area (Å²) in [6.07, 6.45) is 4.84. The van der Waals surface area contributed by atoms with Crippen LogP contribution in [-0.4, -0.2) is 21.9 Å². The normalized spacial score (nSPS) is 13.7. The van der Waals surface area contributed by atoms with Crippen molar-refractivity contribution >= 4 is 22.6 Å². The van der Waals surface area contributed by atoms with Crippen LogP contribution in [0, 0.1) is 13.8 Å². The number of aryl methyl sites for hydroxylation is 3. The van der Waals surface area contributed by atoms with E-state index in [2.05, 4.69) is 53.5 Å². The predicted molar refractivity (Wildman–Crippen MR) is 109 cm³/mol. The first-order valence-corrected chi connectivity index (χ1v) is 9.66. The van der Waals surface area contributed by atoms with Crippen molar-refractivity contribution in [1.29, 1.82) is 0 Å². The number of nitrogens with one attached hydrogen (secondary N) is 3. The zero-order valence-electron chi connectivity index (χ0n) is 16.1. The van der Waals surface area contributed by atoms with Crippen molar-refractivity contribution in [1.82, 2.24) is 15.3 Å². The van der Waals surface area contributed by atoms with Crippen molar-refractivity contribution in [2.75, 3.05) is 5.32 Å². The highest BCUT2D eigenvalue weighted by Gasteiger charge is 2.23. The minimum atomic E-state index is -0.0199. The SMILES string of the molecule is CCc1[nH]c2c(CNc3cc(C(=O)NC4CC4)ccn3)cc(C)cc2c1C. The molecule has 0 unspecified atom stereocenters. The summed E-state index contributed by atoms with van der Waals surface area (Å²) in [6.45, 7) is 7.13. The molecule has 27 heavy (non-hydrogen) atoms. The zero-order chi connectivity index (χ0) is 19.0. The number of fused-ring (bicyclic) bond motifs is 1. The summed E-state index contributed by atoms with van der Waals surface area (Å²) in [4.78, 5) is 20.2. The van der Waals surface area contributed by atoms with Gasteiger partial charge in [0, 0.05) is 35.4 Å². The van der Waals surface area contributed by atoms with E-state index in [1.54, 1.807) is 12.3 Å². The largest absolute Gasteiger partial charge is 0.366 e. The minimum Gasteiger partial charge on any atom is -0.366 e. The van der Waals surface area contributed by atoms with E-state index in [0.717, 1.165) is 19.3 Å². The summed E-state index contributed by atoms with van der Waals surface area (Å²) in [5.74, 6) is 0.695. The molecule has 2 aromatic heterocycles. The molecule has 1 amide bonds. The van der Waals surface area contributed by atoms with Crippen molar-refractivity contribution in [2.24, 2.45) is 0 Å². The minimum absolute atomic E-state index is 0.0199. The van der Waals surface area contributed by atoms with Crippen LogP contribution in [-0.2, 0) is 13.0 Å². The maximum absolute atomic E-state index is 12.2. The maximum atomic E-state index is 12.2. The van der Waals surface area contributed by atoms with Gasteiger partial charge >= 0.3 is 0 Å². The Hall–Kier alpha value is -2.82. The molecule has 140 valence electrons. The summed E-state index contributed by atoms with van der Waals surface area (Å²) < 4.78 is 0. The summed E-state index contributed by atoms with van der Waals surface area (Å²) in [5.41, 5.74) is 6.91. The number of anilines is 1. The second-order valence-electron chi connectivity index (χ2n) is 7.46. The van der Waals surface area contributed by atoms with Gasteiger partial charge in [0.1, 0.15) is 5.82 Å². The summed E-state index contributed by atoms with van der Waals surface area (Å²) in [5, 5.41) is 7.69. The molecule has 2 heterocycles. The number of hydrogen-bond acceptors (Lipinski definition) is 3. The molecule has 1 aliphatic carbocycles. The zero-order valence-corrected chi connectivity index (χ0v) is 16.1. The average molecular weight is 362 g/mol. The van der Waals surface area contributed by atoms with Crippen LogP contribution in [0.4, 0.5) is 5.82 Å². The van der Waals surface area contributed by atoms with Crippen LogP contribution in [0.25, 0.3) is 10.9 Å². The molecule has 0 atom stereocenters. The molecule has 3 N–H and O–H groups in total. The number of benzene rings is 1. The van der Waals surface area contributed by atoms with Gasteiger partial charge in [-0.1, -0.05) is 18.6 Å². The van der Waals surface area contributed by atoms with Gasteiger partial charge in [-0.25, -0.2) is 4.98 Å². The third-order valence-corrected chi connectivity index (χ3v) is 5.25. The van der Waals surface area contributed by atoms with Gasteiger partial charge in [0.05, 0.1) is 5.52 Å². The van der Waals surface area contributed by atoms with E-state index < -0.39 is 0 Å². The lowest BCUT2D eigenvalue weighted by atomic mass is 10.0. The molecule has 1 aliphatic rings. The van der Waals surface area contributed by atoms with E-state index in [0.29, 0.717) is 24.0 Å². The molecule has 0 spiro atoms. The van der Waals surface area contributed by atoms with E-state index in [9.17, 15) is 4.79 Å². The molecule has 0 radical (unpaired) electrons. The number of aromatic nitrogens is 2. The highest BCUT2D eigenvalue weighted by atomic mass is 16.1. The van der Waals surface area contributed by atoms with E-state index >= 15 is 0 Å². The van der Waals surface area contributed by atoms with Crippen LogP contribution < -0.4 is 10.6 Å². The quantitative estimate of drug-likeness (QED) is 0.614. The van der Waals surface area contributed by atoms with Gasteiger partial charge in [-0.3, -0.25) is 4.79 Å². The van der Waals surface area contributed by atoms with Crippen molar-refractivity contribution in [3.05, 3.63) is 58.4 Å². The number of H-pyrrole nitrogens is 1. The highest BCUT2D eigenvalue weighted by molar-refractivity contribution is 5.95. The number of nitrogens with zero attached hydrogens (tertiary/aromatic N) is 1. The van der Waals surface area contributed by atoms with Gasteiger partial charge in [0.15, 0.2) is 0 Å². The number of amides is 1. The standard InChI is InChI=1S/C22H26N4O/c1-4-19-14(3)18-10-13(2)9-16(21(18)26-19)12-24-20-11-15(7-8-23-20)22(27)25-17-5-6-17/h7-11,17,26H,4-6,12H2,1-3H3,(H,23,24)(H,25,27). The second-order valence-corrected chi connectivity index (χ2v) is 7.46. The van der Waals surface area contributed by atoms with Crippen LogP contribution in [0.3, 0.4) is 0 Å². The number of pyridine rings is 1. The van der Waals surface area contributed by atoms with E-state index in [4.69, 9.17) is 0 Å². The van der Waals surface area contributed by atoms with Crippen LogP contribution in [0.5, 0.6) is 0 Å². The van der Waals surface area contributed by atoms with E-state index in [1.807, 2.05) is 6.07 Å². The maximum Gasteiger partial charge on any atom is 0.251 e. The predicted octanol–water partition coefficient (Wildman–Crippen LogP) is 4.25. The summed E-state index contributed by atoms with van der Waals surface area (Å²) in [7, 11) is 0. The Kier molecular flexibility index (Phi) is 4.60. The lowest BCUT2D eigenvalue weighted by molar-refractivity contribution is 0.0951. The molecular formula is C22H26N4O. The van der Waals surface area contributed by atoms with E-state index in [1.165, 1.54) is 33.3 Å². The van der Waals surface area contributed by atoms with Crippen LogP contribution in [0.1, 0.15) is 52.5 Å². The molecule has 3 aromatic rings. The van der Waals surface area contributed by atoms with Crippen LogP contribution >= 0.6 is 0 Å². The fourth-order valence-electron chi connectivity index (χ4n) is 3.56. The smallest absolute Gasteiger partial charge is 0.251 e. The molecule has 5 heteroatoms.